The molecule has 0 unspecified atom stereocenters. The number of hydrogen-bond acceptors (Lipinski definition) is 3. The van der Waals surface area contributed by atoms with Gasteiger partial charge in [-0.3, -0.25) is 9.79 Å². The molecular weight excluding hydrogens is 362 g/mol. The third-order valence-corrected chi connectivity index (χ3v) is 5.00. The van der Waals surface area contributed by atoms with Crippen molar-refractivity contribution in [2.75, 3.05) is 0 Å². The molecule has 0 N–H and O–H groups in total. The van der Waals surface area contributed by atoms with E-state index in [1.165, 1.54) is 0 Å². The zero-order valence-electron chi connectivity index (χ0n) is 14.4. The maximum absolute atomic E-state index is 12.4. The lowest BCUT2D eigenvalue weighted by Crippen LogP contribution is -2.04. The lowest BCUT2D eigenvalue weighted by Gasteiger charge is -2.07. The van der Waals surface area contributed by atoms with E-state index >= 15 is 0 Å². The molecule has 0 saturated carbocycles. The molecule has 0 aliphatic carbocycles. The lowest BCUT2D eigenvalue weighted by molar-refractivity contribution is 0.100. The van der Waals surface area contributed by atoms with Gasteiger partial charge in [-0.05, 0) is 37.3 Å². The molecule has 2 nitrogen and oxygen atoms in total. The zero-order chi connectivity index (χ0) is 18.4. The summed E-state index contributed by atoms with van der Waals surface area (Å²) < 4.78 is 0. The average Bonchev–Trinajstić information content (AvgIpc) is 2.64. The maximum Gasteiger partial charge on any atom is 0.168 e. The zero-order valence-corrected chi connectivity index (χ0v) is 15.9. The molecule has 0 aliphatic rings. The lowest BCUT2D eigenvalue weighted by atomic mass is 10.1. The highest BCUT2D eigenvalue weighted by atomic mass is 35.5. The highest BCUT2D eigenvalue weighted by Crippen LogP contribution is 2.36. The van der Waals surface area contributed by atoms with E-state index in [-0.39, 0.29) is 5.78 Å². The van der Waals surface area contributed by atoms with Gasteiger partial charge in [0, 0.05) is 32.5 Å². The third-order valence-electron chi connectivity index (χ3n) is 3.71. The van der Waals surface area contributed by atoms with Crippen LogP contribution < -0.4 is 0 Å². The third kappa shape index (κ3) is 5.07. The Hall–Kier alpha value is -2.36. The summed E-state index contributed by atoms with van der Waals surface area (Å²) in [6, 6.07) is 25.0. The Kier molecular flexibility index (Phi) is 6.26. The molecule has 0 bridgehead atoms. The first-order chi connectivity index (χ1) is 12.6. The minimum atomic E-state index is 0.0758. The second-order valence-corrected chi connectivity index (χ2v) is 7.39. The molecule has 130 valence electrons. The van der Waals surface area contributed by atoms with Crippen LogP contribution in [0.25, 0.3) is 0 Å². The summed E-state index contributed by atoms with van der Waals surface area (Å²) in [4.78, 5) is 19.1. The summed E-state index contributed by atoms with van der Waals surface area (Å²) in [5.41, 5.74) is 2.36. The van der Waals surface area contributed by atoms with Gasteiger partial charge in [-0.15, -0.1) is 0 Å². The SMILES string of the molecule is CC(CC(=O)c1ccccc1)=Nc1ccccc1Sc1cccc(Cl)c1. The molecule has 0 aliphatic heterocycles. The van der Waals surface area contributed by atoms with E-state index in [1.54, 1.807) is 11.8 Å². The Morgan fingerprint density at radius 3 is 2.46 bits per heavy atom. The highest BCUT2D eigenvalue weighted by molar-refractivity contribution is 7.99. The number of carbonyl (C=O) groups is 1. The van der Waals surface area contributed by atoms with E-state index in [0.717, 1.165) is 21.2 Å². The highest BCUT2D eigenvalue weighted by Gasteiger charge is 2.09. The fourth-order valence-electron chi connectivity index (χ4n) is 2.50. The monoisotopic (exact) mass is 379 g/mol. The van der Waals surface area contributed by atoms with E-state index in [4.69, 9.17) is 11.6 Å². The first-order valence-electron chi connectivity index (χ1n) is 8.27. The van der Waals surface area contributed by atoms with Crippen LogP contribution in [0.5, 0.6) is 0 Å². The normalized spacial score (nSPS) is 11.4. The van der Waals surface area contributed by atoms with E-state index in [2.05, 4.69) is 4.99 Å². The van der Waals surface area contributed by atoms with Crippen molar-refractivity contribution in [2.45, 2.75) is 23.1 Å². The largest absolute Gasteiger partial charge is 0.294 e. The van der Waals surface area contributed by atoms with E-state index < -0.39 is 0 Å². The summed E-state index contributed by atoms with van der Waals surface area (Å²) in [6.45, 7) is 1.89. The summed E-state index contributed by atoms with van der Waals surface area (Å²) >= 11 is 7.68. The fraction of sp³-hybridized carbons (Fsp3) is 0.0909. The van der Waals surface area contributed by atoms with Crippen molar-refractivity contribution in [3.8, 4) is 0 Å². The molecule has 3 aromatic carbocycles. The van der Waals surface area contributed by atoms with Crippen molar-refractivity contribution in [3.05, 3.63) is 89.4 Å². The second-order valence-electron chi connectivity index (χ2n) is 5.84. The number of rotatable bonds is 6. The summed E-state index contributed by atoms with van der Waals surface area (Å²) in [7, 11) is 0. The van der Waals surface area contributed by atoms with Crippen molar-refractivity contribution < 1.29 is 4.79 Å². The van der Waals surface area contributed by atoms with Gasteiger partial charge in [0.25, 0.3) is 0 Å². The maximum atomic E-state index is 12.4. The van der Waals surface area contributed by atoms with Gasteiger partial charge >= 0.3 is 0 Å². The summed E-state index contributed by atoms with van der Waals surface area (Å²) in [5, 5.41) is 0.709. The first kappa shape index (κ1) is 18.4. The van der Waals surface area contributed by atoms with Crippen LogP contribution in [0, 0.1) is 0 Å². The molecule has 0 spiro atoms. The van der Waals surface area contributed by atoms with Crippen LogP contribution in [0.3, 0.4) is 0 Å². The molecule has 0 radical (unpaired) electrons. The number of hydrogen-bond donors (Lipinski definition) is 0. The van der Waals surface area contributed by atoms with Crippen molar-refractivity contribution >= 4 is 40.5 Å². The van der Waals surface area contributed by atoms with Gasteiger partial charge in [0.1, 0.15) is 0 Å². The number of para-hydroxylation sites is 1. The quantitative estimate of drug-likeness (QED) is 0.346. The number of nitrogens with zero attached hydrogens (tertiary/aromatic N) is 1. The van der Waals surface area contributed by atoms with Crippen LogP contribution in [-0.4, -0.2) is 11.5 Å². The van der Waals surface area contributed by atoms with Gasteiger partial charge in [0.15, 0.2) is 5.78 Å². The Morgan fingerprint density at radius 2 is 1.69 bits per heavy atom. The van der Waals surface area contributed by atoms with E-state index in [1.807, 2.05) is 85.8 Å². The van der Waals surface area contributed by atoms with Crippen LogP contribution in [0.4, 0.5) is 5.69 Å². The van der Waals surface area contributed by atoms with Gasteiger partial charge in [-0.2, -0.15) is 0 Å². The van der Waals surface area contributed by atoms with Crippen LogP contribution in [-0.2, 0) is 0 Å². The number of halogens is 1. The predicted molar refractivity (Wildman–Crippen MR) is 110 cm³/mol. The summed E-state index contributed by atoms with van der Waals surface area (Å²) in [6.07, 6.45) is 0.306. The number of carbonyl (C=O) groups excluding carboxylic acids is 1. The average molecular weight is 380 g/mol. The molecule has 3 aromatic rings. The van der Waals surface area contributed by atoms with Gasteiger partial charge < -0.3 is 0 Å². The molecule has 0 fully saturated rings. The topological polar surface area (TPSA) is 29.4 Å². The molecule has 0 aromatic heterocycles. The van der Waals surface area contributed by atoms with Gasteiger partial charge in [-0.25, -0.2) is 0 Å². The molecular formula is C22H18ClNOS. The Balaban J connectivity index is 1.78. The minimum Gasteiger partial charge on any atom is -0.294 e. The van der Waals surface area contributed by atoms with Crippen molar-refractivity contribution in [3.63, 3.8) is 0 Å². The second kappa shape index (κ2) is 8.84. The molecule has 0 atom stereocenters. The number of ketones is 1. The number of aliphatic imine (C=N–C) groups is 1. The molecule has 0 heterocycles. The molecule has 26 heavy (non-hydrogen) atoms. The van der Waals surface area contributed by atoms with Crippen molar-refractivity contribution in [1.82, 2.24) is 0 Å². The fourth-order valence-corrected chi connectivity index (χ4v) is 3.70. The minimum absolute atomic E-state index is 0.0758. The standard InChI is InChI=1S/C22H18ClNOS/c1-16(14-21(25)17-8-3-2-4-9-17)24-20-12-5-6-13-22(20)26-19-11-7-10-18(23)15-19/h2-13,15H,14H2,1H3. The number of Topliss-reactive ketones (excluding diaryl/α,β-unsaturated/α-hetero) is 1. The van der Waals surface area contributed by atoms with Crippen LogP contribution in [0.15, 0.2) is 93.6 Å². The molecule has 3 rings (SSSR count). The van der Waals surface area contributed by atoms with Crippen LogP contribution in [0.1, 0.15) is 23.7 Å². The Bertz CT molecular complexity index is 938. The molecule has 4 heteroatoms. The first-order valence-corrected chi connectivity index (χ1v) is 9.46. The van der Waals surface area contributed by atoms with Crippen molar-refractivity contribution in [1.29, 1.82) is 0 Å². The van der Waals surface area contributed by atoms with Gasteiger partial charge in [-0.1, -0.05) is 71.9 Å². The predicted octanol–water partition coefficient (Wildman–Crippen LogP) is 6.86. The van der Waals surface area contributed by atoms with E-state index in [0.29, 0.717) is 17.0 Å². The molecule has 0 amide bonds. The van der Waals surface area contributed by atoms with Crippen molar-refractivity contribution in [2.24, 2.45) is 4.99 Å². The smallest absolute Gasteiger partial charge is 0.168 e. The van der Waals surface area contributed by atoms with Crippen LogP contribution in [0.2, 0.25) is 5.02 Å². The van der Waals surface area contributed by atoms with E-state index in [9.17, 15) is 4.79 Å². The molecule has 0 saturated heterocycles. The van der Waals surface area contributed by atoms with Gasteiger partial charge in [0.05, 0.1) is 5.69 Å². The Morgan fingerprint density at radius 1 is 0.962 bits per heavy atom. The van der Waals surface area contributed by atoms with Gasteiger partial charge in [0.2, 0.25) is 0 Å². The summed E-state index contributed by atoms with van der Waals surface area (Å²) in [5.74, 6) is 0.0758. The number of benzene rings is 3. The Labute approximate surface area is 162 Å². The van der Waals surface area contributed by atoms with Crippen LogP contribution >= 0.6 is 23.4 Å².